The first-order valence-corrected chi connectivity index (χ1v) is 4.97. The molecule has 0 saturated heterocycles. The topological polar surface area (TPSA) is 23.5 Å². The molecule has 1 aromatic rings. The van der Waals surface area contributed by atoms with Gasteiger partial charge in [-0.05, 0) is 11.6 Å². The molecule has 0 aliphatic heterocycles. The van der Waals surface area contributed by atoms with E-state index in [9.17, 15) is 9.50 Å². The lowest BCUT2D eigenvalue weighted by Gasteiger charge is -2.28. The second-order valence-corrected chi connectivity index (χ2v) is 4.57. The first kappa shape index (κ1) is 12.0. The second-order valence-electron chi connectivity index (χ2n) is 4.57. The van der Waals surface area contributed by atoms with Gasteiger partial charge in [0.2, 0.25) is 0 Å². The summed E-state index contributed by atoms with van der Waals surface area (Å²) < 4.78 is 13.6. The van der Waals surface area contributed by atoms with Crippen LogP contribution in [-0.4, -0.2) is 25.8 Å². The number of halogens is 1. The minimum Gasteiger partial charge on any atom is -0.395 e. The van der Waals surface area contributed by atoms with Crippen LogP contribution in [0.3, 0.4) is 0 Å². The summed E-state index contributed by atoms with van der Waals surface area (Å²) >= 11 is 0. The predicted molar refractivity (Wildman–Crippen MR) is 60.8 cm³/mol. The van der Waals surface area contributed by atoms with Gasteiger partial charge in [0.25, 0.3) is 0 Å². The molecule has 0 fully saturated rings. The van der Waals surface area contributed by atoms with E-state index in [1.165, 1.54) is 6.07 Å². The van der Waals surface area contributed by atoms with Crippen LogP contribution in [0.5, 0.6) is 0 Å². The molecule has 0 saturated carbocycles. The Morgan fingerprint density at radius 3 is 2.40 bits per heavy atom. The van der Waals surface area contributed by atoms with Crippen LogP contribution < -0.4 is 4.90 Å². The van der Waals surface area contributed by atoms with E-state index in [-0.39, 0.29) is 12.4 Å². The third-order valence-electron chi connectivity index (χ3n) is 2.56. The molecule has 0 radical (unpaired) electrons. The zero-order valence-electron chi connectivity index (χ0n) is 9.71. The van der Waals surface area contributed by atoms with Gasteiger partial charge in [-0.2, -0.15) is 0 Å². The molecule has 0 heterocycles. The molecule has 1 rings (SSSR count). The summed E-state index contributed by atoms with van der Waals surface area (Å²) in [6.45, 7) is 3.79. The number of anilines is 1. The number of hydrogen-bond acceptors (Lipinski definition) is 2. The Morgan fingerprint density at radius 1 is 1.33 bits per heavy atom. The molecule has 0 aromatic heterocycles. The highest BCUT2D eigenvalue weighted by Crippen LogP contribution is 2.32. The van der Waals surface area contributed by atoms with Crippen LogP contribution in [0.15, 0.2) is 18.2 Å². The maximum absolute atomic E-state index is 13.6. The molecule has 0 aliphatic rings. The van der Waals surface area contributed by atoms with Crippen molar-refractivity contribution in [2.75, 3.05) is 25.6 Å². The normalized spacial score (nSPS) is 11.6. The van der Waals surface area contributed by atoms with E-state index in [1.807, 2.05) is 19.9 Å². The molecule has 2 nitrogen and oxygen atoms in total. The summed E-state index contributed by atoms with van der Waals surface area (Å²) in [6.07, 6.45) is 0. The molecule has 0 amide bonds. The highest BCUT2D eigenvalue weighted by Gasteiger charge is 2.25. The van der Waals surface area contributed by atoms with E-state index in [0.717, 1.165) is 5.56 Å². The Morgan fingerprint density at radius 2 is 1.93 bits per heavy atom. The molecule has 0 unspecified atom stereocenters. The van der Waals surface area contributed by atoms with E-state index in [0.29, 0.717) is 5.69 Å². The SMILES string of the molecule is CN(C)c1c(F)cccc1C(C)(C)CO. The van der Waals surface area contributed by atoms with Crippen molar-refractivity contribution in [3.63, 3.8) is 0 Å². The Kier molecular flexibility index (Phi) is 3.35. The summed E-state index contributed by atoms with van der Waals surface area (Å²) in [5, 5.41) is 9.30. The lowest BCUT2D eigenvalue weighted by molar-refractivity contribution is 0.218. The zero-order chi connectivity index (χ0) is 11.6. The molecule has 15 heavy (non-hydrogen) atoms. The van der Waals surface area contributed by atoms with Gasteiger partial charge in [0.05, 0.1) is 12.3 Å². The highest BCUT2D eigenvalue weighted by molar-refractivity contribution is 5.56. The van der Waals surface area contributed by atoms with Gasteiger partial charge < -0.3 is 10.0 Å². The van der Waals surface area contributed by atoms with Gasteiger partial charge in [0.1, 0.15) is 5.82 Å². The van der Waals surface area contributed by atoms with Gasteiger partial charge in [-0.15, -0.1) is 0 Å². The number of aliphatic hydroxyl groups is 1. The van der Waals surface area contributed by atoms with Gasteiger partial charge in [0.15, 0.2) is 0 Å². The van der Waals surface area contributed by atoms with E-state index in [4.69, 9.17) is 0 Å². The van der Waals surface area contributed by atoms with Gasteiger partial charge >= 0.3 is 0 Å². The fourth-order valence-corrected chi connectivity index (χ4v) is 1.60. The lowest BCUT2D eigenvalue weighted by atomic mass is 9.84. The highest BCUT2D eigenvalue weighted by atomic mass is 19.1. The number of rotatable bonds is 3. The summed E-state index contributed by atoms with van der Waals surface area (Å²) in [5.74, 6) is -0.251. The standard InChI is InChI=1S/C12H18FNO/c1-12(2,8-15)9-6-5-7-10(13)11(9)14(3)4/h5-7,15H,8H2,1-4H3. The van der Waals surface area contributed by atoms with Gasteiger partial charge in [-0.25, -0.2) is 4.39 Å². The zero-order valence-corrected chi connectivity index (χ0v) is 9.71. The van der Waals surface area contributed by atoms with Crippen molar-refractivity contribution < 1.29 is 9.50 Å². The summed E-state index contributed by atoms with van der Waals surface area (Å²) in [4.78, 5) is 1.74. The third-order valence-corrected chi connectivity index (χ3v) is 2.56. The number of para-hydroxylation sites is 1. The first-order valence-electron chi connectivity index (χ1n) is 4.97. The Labute approximate surface area is 90.3 Å². The molecule has 0 aliphatic carbocycles. The fraction of sp³-hybridized carbons (Fsp3) is 0.500. The number of nitrogens with zero attached hydrogens (tertiary/aromatic N) is 1. The fourth-order valence-electron chi connectivity index (χ4n) is 1.60. The van der Waals surface area contributed by atoms with E-state index < -0.39 is 5.41 Å². The Balaban J connectivity index is 3.35. The summed E-state index contributed by atoms with van der Waals surface area (Å²) in [7, 11) is 3.60. The maximum atomic E-state index is 13.6. The van der Waals surface area contributed by atoms with E-state index in [2.05, 4.69) is 0 Å². The van der Waals surface area contributed by atoms with Crippen molar-refractivity contribution in [2.24, 2.45) is 0 Å². The lowest BCUT2D eigenvalue weighted by Crippen LogP contribution is -2.26. The predicted octanol–water partition coefficient (Wildman–Crippen LogP) is 2.16. The molecule has 1 aromatic carbocycles. The minimum absolute atomic E-state index is 0.00269. The average molecular weight is 211 g/mol. The molecule has 1 N–H and O–H groups in total. The largest absolute Gasteiger partial charge is 0.395 e. The van der Waals surface area contributed by atoms with Gasteiger partial charge in [-0.1, -0.05) is 26.0 Å². The molecular formula is C12H18FNO. The molecule has 0 atom stereocenters. The Hall–Kier alpha value is -1.09. The Bertz CT molecular complexity index is 347. The monoisotopic (exact) mass is 211 g/mol. The molecular weight excluding hydrogens is 193 g/mol. The van der Waals surface area contributed by atoms with Crippen molar-refractivity contribution in [3.8, 4) is 0 Å². The van der Waals surface area contributed by atoms with Crippen LogP contribution in [0.1, 0.15) is 19.4 Å². The van der Waals surface area contributed by atoms with E-state index >= 15 is 0 Å². The quantitative estimate of drug-likeness (QED) is 0.828. The molecule has 0 bridgehead atoms. The molecule has 0 spiro atoms. The average Bonchev–Trinajstić information content (AvgIpc) is 2.16. The molecule has 3 heteroatoms. The summed E-state index contributed by atoms with van der Waals surface area (Å²) in [6, 6.07) is 4.97. The van der Waals surface area contributed by atoms with E-state index in [1.54, 1.807) is 25.1 Å². The smallest absolute Gasteiger partial charge is 0.146 e. The minimum atomic E-state index is -0.429. The van der Waals surface area contributed by atoms with Crippen LogP contribution in [0, 0.1) is 5.82 Å². The molecule has 84 valence electrons. The van der Waals surface area contributed by atoms with Crippen LogP contribution in [0.4, 0.5) is 10.1 Å². The maximum Gasteiger partial charge on any atom is 0.146 e. The first-order chi connectivity index (χ1) is 6.90. The van der Waals surface area contributed by atoms with Crippen LogP contribution in [0.2, 0.25) is 0 Å². The van der Waals surface area contributed by atoms with Crippen molar-refractivity contribution >= 4 is 5.69 Å². The van der Waals surface area contributed by atoms with Gasteiger partial charge in [-0.3, -0.25) is 0 Å². The van der Waals surface area contributed by atoms with Crippen molar-refractivity contribution in [2.45, 2.75) is 19.3 Å². The van der Waals surface area contributed by atoms with Crippen LogP contribution in [-0.2, 0) is 5.41 Å². The number of benzene rings is 1. The van der Waals surface area contributed by atoms with Crippen molar-refractivity contribution in [1.82, 2.24) is 0 Å². The second kappa shape index (κ2) is 4.19. The van der Waals surface area contributed by atoms with Crippen LogP contribution >= 0.6 is 0 Å². The number of aliphatic hydroxyl groups excluding tert-OH is 1. The van der Waals surface area contributed by atoms with Gasteiger partial charge in [0, 0.05) is 19.5 Å². The number of hydrogen-bond donors (Lipinski definition) is 1. The van der Waals surface area contributed by atoms with Crippen LogP contribution in [0.25, 0.3) is 0 Å². The third kappa shape index (κ3) is 2.29. The summed E-state index contributed by atoms with van der Waals surface area (Å²) in [5.41, 5.74) is 0.952. The van der Waals surface area contributed by atoms with Crippen molar-refractivity contribution in [3.05, 3.63) is 29.6 Å². The van der Waals surface area contributed by atoms with Crippen molar-refractivity contribution in [1.29, 1.82) is 0 Å².